The molecule has 0 atom stereocenters. The second-order valence-corrected chi connectivity index (χ2v) is 7.27. The maximum Gasteiger partial charge on any atom is 0.255 e. The summed E-state index contributed by atoms with van der Waals surface area (Å²) in [5, 5.41) is 0. The van der Waals surface area contributed by atoms with Gasteiger partial charge in [0.05, 0.1) is 11.3 Å². The normalized spacial score (nSPS) is 15.8. The van der Waals surface area contributed by atoms with Gasteiger partial charge in [-0.1, -0.05) is 12.1 Å². The molecular weight excluding hydrogens is 329 g/mol. The molecule has 5 heteroatoms. The number of aromatic nitrogens is 1. The number of carbonyl (C=O) groups is 1. The van der Waals surface area contributed by atoms with Gasteiger partial charge >= 0.3 is 0 Å². The fourth-order valence-corrected chi connectivity index (χ4v) is 3.57. The van der Waals surface area contributed by atoms with Gasteiger partial charge in [0.2, 0.25) is 0 Å². The first kappa shape index (κ1) is 18.5. The van der Waals surface area contributed by atoms with Crippen LogP contribution in [-0.2, 0) is 6.54 Å². The number of piperidine rings is 1. The summed E-state index contributed by atoms with van der Waals surface area (Å²) in [6.07, 6.45) is 1.92. The van der Waals surface area contributed by atoms with E-state index >= 15 is 0 Å². The molecule has 1 amide bonds. The summed E-state index contributed by atoms with van der Waals surface area (Å²) < 4.78 is 13.4. The zero-order chi connectivity index (χ0) is 18.7. The minimum Gasteiger partial charge on any atom is -0.345 e. The van der Waals surface area contributed by atoms with Crippen molar-refractivity contribution in [3.05, 3.63) is 64.7 Å². The summed E-state index contributed by atoms with van der Waals surface area (Å²) in [6, 6.07) is 10.6. The molecule has 0 aliphatic carbocycles. The molecule has 3 rings (SSSR count). The average molecular weight is 355 g/mol. The summed E-state index contributed by atoms with van der Waals surface area (Å²) in [6.45, 7) is 4.57. The molecule has 0 saturated carbocycles. The van der Waals surface area contributed by atoms with Crippen LogP contribution in [0.5, 0.6) is 0 Å². The number of benzene rings is 1. The number of carbonyl (C=O) groups excluding carboxylic acids is 1. The van der Waals surface area contributed by atoms with E-state index in [9.17, 15) is 9.18 Å². The predicted molar refractivity (Wildman–Crippen MR) is 101 cm³/mol. The van der Waals surface area contributed by atoms with E-state index in [2.05, 4.69) is 4.90 Å². The number of hydrogen-bond acceptors (Lipinski definition) is 3. The number of pyridine rings is 1. The highest BCUT2D eigenvalue weighted by molar-refractivity contribution is 5.95. The van der Waals surface area contributed by atoms with Crippen molar-refractivity contribution in [2.75, 3.05) is 27.2 Å². The third kappa shape index (κ3) is 4.28. The Kier molecular flexibility index (Phi) is 5.67. The number of likely N-dealkylation sites (tertiary alicyclic amines) is 1. The van der Waals surface area contributed by atoms with Gasteiger partial charge in [-0.15, -0.1) is 0 Å². The van der Waals surface area contributed by atoms with Gasteiger partial charge in [0.15, 0.2) is 0 Å². The molecule has 4 nitrogen and oxygen atoms in total. The Labute approximate surface area is 154 Å². The maximum atomic E-state index is 13.4. The number of rotatable bonds is 4. The Morgan fingerprint density at radius 2 is 1.96 bits per heavy atom. The molecule has 2 heterocycles. The summed E-state index contributed by atoms with van der Waals surface area (Å²) >= 11 is 0. The first-order valence-corrected chi connectivity index (χ1v) is 9.10. The molecule has 2 aromatic rings. The summed E-state index contributed by atoms with van der Waals surface area (Å²) in [7, 11) is 3.54. The number of nitrogens with zero attached hydrogens (tertiary/aromatic N) is 3. The van der Waals surface area contributed by atoms with Crippen LogP contribution in [0.2, 0.25) is 0 Å². The van der Waals surface area contributed by atoms with Gasteiger partial charge in [-0.3, -0.25) is 14.7 Å². The summed E-state index contributed by atoms with van der Waals surface area (Å²) in [5.41, 5.74) is 3.58. The first-order valence-electron chi connectivity index (χ1n) is 9.10. The SMILES string of the molecule is Cc1ccc(C(=O)N(C)C)c(C2CCN(Cc3cccc(F)c3)CC2)n1. The van der Waals surface area contributed by atoms with Crippen molar-refractivity contribution in [1.29, 1.82) is 0 Å². The third-order valence-electron chi connectivity index (χ3n) is 4.97. The average Bonchev–Trinajstić information content (AvgIpc) is 2.62. The molecule has 0 unspecified atom stereocenters. The fourth-order valence-electron chi connectivity index (χ4n) is 3.57. The Bertz CT molecular complexity index is 783. The highest BCUT2D eigenvalue weighted by Gasteiger charge is 2.26. The van der Waals surface area contributed by atoms with Crippen LogP contribution in [0.25, 0.3) is 0 Å². The molecule has 1 aliphatic heterocycles. The molecule has 1 aromatic heterocycles. The van der Waals surface area contributed by atoms with Crippen molar-refractivity contribution in [2.24, 2.45) is 0 Å². The molecule has 1 aliphatic rings. The largest absolute Gasteiger partial charge is 0.345 e. The van der Waals surface area contributed by atoms with Crippen LogP contribution in [0.1, 0.15) is 46.1 Å². The van der Waals surface area contributed by atoms with E-state index in [0.29, 0.717) is 5.56 Å². The lowest BCUT2D eigenvalue weighted by atomic mass is 9.89. The van der Waals surface area contributed by atoms with Crippen molar-refractivity contribution in [1.82, 2.24) is 14.8 Å². The highest BCUT2D eigenvalue weighted by Crippen LogP contribution is 2.30. The van der Waals surface area contributed by atoms with E-state index in [0.717, 1.165) is 49.4 Å². The molecule has 0 N–H and O–H groups in total. The van der Waals surface area contributed by atoms with Gasteiger partial charge in [-0.25, -0.2) is 4.39 Å². The highest BCUT2D eigenvalue weighted by atomic mass is 19.1. The summed E-state index contributed by atoms with van der Waals surface area (Å²) in [4.78, 5) is 21.1. The van der Waals surface area contributed by atoms with Crippen molar-refractivity contribution in [3.63, 3.8) is 0 Å². The molecule has 1 fully saturated rings. The van der Waals surface area contributed by atoms with Gasteiger partial charge in [0.1, 0.15) is 5.82 Å². The van der Waals surface area contributed by atoms with E-state index < -0.39 is 0 Å². The lowest BCUT2D eigenvalue weighted by Crippen LogP contribution is -2.34. The molecular formula is C21H26FN3O. The third-order valence-corrected chi connectivity index (χ3v) is 4.97. The molecule has 26 heavy (non-hydrogen) atoms. The van der Waals surface area contributed by atoms with Gasteiger partial charge in [-0.05, 0) is 62.7 Å². The minimum atomic E-state index is -0.187. The molecule has 0 bridgehead atoms. The van der Waals surface area contributed by atoms with Gasteiger partial charge < -0.3 is 4.90 Å². The molecule has 0 spiro atoms. The second-order valence-electron chi connectivity index (χ2n) is 7.27. The van der Waals surface area contributed by atoms with Crippen molar-refractivity contribution in [2.45, 2.75) is 32.2 Å². The lowest BCUT2D eigenvalue weighted by molar-refractivity contribution is 0.0824. The van der Waals surface area contributed by atoms with E-state index in [1.165, 1.54) is 6.07 Å². The van der Waals surface area contributed by atoms with E-state index in [1.807, 2.05) is 25.1 Å². The van der Waals surface area contributed by atoms with E-state index in [-0.39, 0.29) is 17.6 Å². The van der Waals surface area contributed by atoms with Crippen LogP contribution in [-0.4, -0.2) is 47.9 Å². The molecule has 1 saturated heterocycles. The summed E-state index contributed by atoms with van der Waals surface area (Å²) in [5.74, 6) is 0.112. The van der Waals surface area contributed by atoms with Gasteiger partial charge in [0, 0.05) is 32.3 Å². The van der Waals surface area contributed by atoms with Crippen molar-refractivity contribution < 1.29 is 9.18 Å². The van der Waals surface area contributed by atoms with Crippen molar-refractivity contribution in [3.8, 4) is 0 Å². The van der Waals surface area contributed by atoms with Gasteiger partial charge in [0.25, 0.3) is 5.91 Å². The number of hydrogen-bond donors (Lipinski definition) is 0. The van der Waals surface area contributed by atoms with Crippen LogP contribution in [0.15, 0.2) is 36.4 Å². The zero-order valence-electron chi connectivity index (χ0n) is 15.7. The van der Waals surface area contributed by atoms with Crippen molar-refractivity contribution >= 4 is 5.91 Å². The van der Waals surface area contributed by atoms with E-state index in [4.69, 9.17) is 4.98 Å². The number of amides is 1. The van der Waals surface area contributed by atoms with Crippen LogP contribution >= 0.6 is 0 Å². The van der Waals surface area contributed by atoms with Crippen LogP contribution in [0, 0.1) is 12.7 Å². The Hall–Kier alpha value is -2.27. The van der Waals surface area contributed by atoms with Crippen LogP contribution < -0.4 is 0 Å². The van der Waals surface area contributed by atoms with E-state index in [1.54, 1.807) is 31.1 Å². The Balaban J connectivity index is 1.70. The lowest BCUT2D eigenvalue weighted by Gasteiger charge is -2.32. The Morgan fingerprint density at radius 3 is 2.62 bits per heavy atom. The minimum absolute atomic E-state index is 0.00897. The quantitative estimate of drug-likeness (QED) is 0.841. The zero-order valence-corrected chi connectivity index (χ0v) is 15.7. The number of halogens is 1. The molecule has 0 radical (unpaired) electrons. The standard InChI is InChI=1S/C21H26FN3O/c1-15-7-8-19(21(26)24(2)3)20(23-15)17-9-11-25(12-10-17)14-16-5-4-6-18(22)13-16/h4-8,13,17H,9-12,14H2,1-3H3. The monoisotopic (exact) mass is 355 g/mol. The first-order chi connectivity index (χ1) is 12.4. The van der Waals surface area contributed by atoms with Crippen LogP contribution in [0.3, 0.4) is 0 Å². The molecule has 138 valence electrons. The predicted octanol–water partition coefficient (Wildman–Crippen LogP) is 3.61. The maximum absolute atomic E-state index is 13.4. The van der Waals surface area contributed by atoms with Gasteiger partial charge in [-0.2, -0.15) is 0 Å². The number of aryl methyl sites for hydroxylation is 1. The smallest absolute Gasteiger partial charge is 0.255 e. The van der Waals surface area contributed by atoms with Crippen LogP contribution in [0.4, 0.5) is 4.39 Å². The Morgan fingerprint density at radius 1 is 1.23 bits per heavy atom. The second kappa shape index (κ2) is 7.96. The molecule has 1 aromatic carbocycles. The fraction of sp³-hybridized carbons (Fsp3) is 0.429. The topological polar surface area (TPSA) is 36.4 Å².